The highest BCUT2D eigenvalue weighted by Gasteiger charge is 2.15. The molecule has 0 radical (unpaired) electrons. The van der Waals surface area contributed by atoms with Crippen LogP contribution in [0, 0.1) is 6.92 Å². The second-order valence-electron chi connectivity index (χ2n) is 9.70. The number of hydrogen-bond acceptors (Lipinski definition) is 7. The third-order valence-corrected chi connectivity index (χ3v) is 8.36. The molecule has 4 aromatic rings. The monoisotopic (exact) mass is 533 g/mol. The largest absolute Gasteiger partial charge is 0.324 e. The van der Waals surface area contributed by atoms with Crippen molar-refractivity contribution in [3.63, 3.8) is 0 Å². The number of benzene rings is 2. The molecule has 0 amide bonds. The normalized spacial score (nSPS) is 14.7. The number of rotatable bonds is 10. The fraction of sp³-hybridized carbons (Fsp3) is 0.357. The maximum absolute atomic E-state index is 12.5. The molecule has 1 fully saturated rings. The number of sulfonamides is 1. The number of fused-ring (bicyclic) bond motifs is 1. The van der Waals surface area contributed by atoms with Crippen LogP contribution in [0.2, 0.25) is 0 Å². The maximum atomic E-state index is 12.5. The van der Waals surface area contributed by atoms with E-state index in [9.17, 15) is 8.42 Å². The fourth-order valence-electron chi connectivity index (χ4n) is 4.60. The van der Waals surface area contributed by atoms with Gasteiger partial charge >= 0.3 is 0 Å². The fourth-order valence-corrected chi connectivity index (χ4v) is 5.67. The Morgan fingerprint density at radius 3 is 2.61 bits per heavy atom. The van der Waals surface area contributed by atoms with E-state index in [4.69, 9.17) is 4.98 Å². The highest BCUT2D eigenvalue weighted by atomic mass is 32.2. The van der Waals surface area contributed by atoms with Gasteiger partial charge in [0.25, 0.3) is 0 Å². The smallest absolute Gasteiger partial charge is 0.240 e. The lowest BCUT2D eigenvalue weighted by atomic mass is 10.1. The van der Waals surface area contributed by atoms with E-state index in [1.165, 1.54) is 11.1 Å². The van der Waals surface area contributed by atoms with Gasteiger partial charge in [0.1, 0.15) is 5.65 Å². The van der Waals surface area contributed by atoms with Crippen LogP contribution in [0.25, 0.3) is 16.7 Å². The highest BCUT2D eigenvalue weighted by Crippen LogP contribution is 2.24. The lowest BCUT2D eigenvalue weighted by molar-refractivity contribution is 0.233. The minimum Gasteiger partial charge on any atom is -0.324 e. The van der Waals surface area contributed by atoms with E-state index in [2.05, 4.69) is 50.4 Å². The van der Waals surface area contributed by atoms with Crippen molar-refractivity contribution >= 4 is 32.7 Å². The maximum Gasteiger partial charge on any atom is 0.240 e. The Morgan fingerprint density at radius 1 is 1.05 bits per heavy atom. The molecule has 0 bridgehead atoms. The predicted octanol–water partition coefficient (Wildman–Crippen LogP) is 3.96. The van der Waals surface area contributed by atoms with Crippen molar-refractivity contribution in [1.29, 1.82) is 0 Å². The van der Waals surface area contributed by atoms with E-state index in [0.717, 1.165) is 68.0 Å². The summed E-state index contributed by atoms with van der Waals surface area (Å²) in [4.78, 5) is 12.0. The van der Waals surface area contributed by atoms with Gasteiger partial charge in [-0.3, -0.25) is 4.90 Å². The van der Waals surface area contributed by atoms with Gasteiger partial charge in [0.05, 0.1) is 4.90 Å². The summed E-state index contributed by atoms with van der Waals surface area (Å²) in [5, 5.41) is 7.67. The van der Waals surface area contributed by atoms with Crippen LogP contribution in [0.15, 0.2) is 65.8 Å². The first-order valence-corrected chi connectivity index (χ1v) is 14.6. The highest BCUT2D eigenvalue weighted by molar-refractivity contribution is 7.89. The molecule has 5 rings (SSSR count). The number of unbranched alkanes of at least 4 members (excludes halogenated alkanes) is 1. The molecule has 38 heavy (non-hydrogen) atoms. The van der Waals surface area contributed by atoms with Gasteiger partial charge in [-0.05, 0) is 66.9 Å². The summed E-state index contributed by atoms with van der Waals surface area (Å²) in [6.07, 6.45) is 5.46. The first kappa shape index (κ1) is 26.3. The average Bonchev–Trinajstić information content (AvgIpc) is 3.35. The molecule has 0 atom stereocenters. The summed E-state index contributed by atoms with van der Waals surface area (Å²) in [6, 6.07) is 15.2. The third-order valence-electron chi connectivity index (χ3n) is 6.88. The first-order valence-electron chi connectivity index (χ1n) is 13.2. The third kappa shape index (κ3) is 6.05. The van der Waals surface area contributed by atoms with E-state index in [-0.39, 0.29) is 4.90 Å². The lowest BCUT2D eigenvalue weighted by Crippen LogP contribution is -2.43. The van der Waals surface area contributed by atoms with Crippen LogP contribution in [-0.4, -0.2) is 60.6 Å². The number of nitrogens with one attached hydrogen (secondary N) is 3. The standard InChI is InChI=1S/C28H35N7O2S/c1-3-4-12-31-38(36,37)26-9-7-25(8-10-26)35-15-11-22-19-30-28(33-27(22)35)32-24-6-5-21(2)23(18-24)20-34-16-13-29-14-17-34/h5-11,15,18-19,29,31H,3-4,12-14,16-17,20H2,1-2H3,(H,30,32,33). The second-order valence-corrected chi connectivity index (χ2v) is 11.5. The van der Waals surface area contributed by atoms with Gasteiger partial charge in [-0.15, -0.1) is 0 Å². The van der Waals surface area contributed by atoms with E-state index in [1.54, 1.807) is 30.5 Å². The van der Waals surface area contributed by atoms with Gasteiger partial charge in [0, 0.05) is 68.4 Å². The van der Waals surface area contributed by atoms with Gasteiger partial charge < -0.3 is 15.2 Å². The minimum absolute atomic E-state index is 0.252. The molecule has 2 aromatic carbocycles. The topological polar surface area (TPSA) is 104 Å². The molecule has 2 aromatic heterocycles. The summed E-state index contributed by atoms with van der Waals surface area (Å²) in [5.41, 5.74) is 5.08. The zero-order valence-electron chi connectivity index (χ0n) is 21.9. The molecule has 9 nitrogen and oxygen atoms in total. The quantitative estimate of drug-likeness (QED) is 0.265. The van der Waals surface area contributed by atoms with Gasteiger partial charge in [-0.2, -0.15) is 4.98 Å². The zero-order chi connectivity index (χ0) is 26.5. The number of aryl methyl sites for hydroxylation is 1. The van der Waals surface area contributed by atoms with Crippen molar-refractivity contribution < 1.29 is 8.42 Å². The molecule has 0 saturated carbocycles. The average molecular weight is 534 g/mol. The molecule has 0 spiro atoms. The Morgan fingerprint density at radius 2 is 1.84 bits per heavy atom. The Labute approximate surface area is 224 Å². The van der Waals surface area contributed by atoms with Crippen LogP contribution < -0.4 is 15.4 Å². The van der Waals surface area contributed by atoms with Crippen LogP contribution in [-0.2, 0) is 16.6 Å². The molecule has 200 valence electrons. The predicted molar refractivity (Wildman–Crippen MR) is 152 cm³/mol. The Balaban J connectivity index is 1.35. The van der Waals surface area contributed by atoms with Crippen LogP contribution in [0.3, 0.4) is 0 Å². The van der Waals surface area contributed by atoms with Crippen LogP contribution in [0.1, 0.15) is 30.9 Å². The van der Waals surface area contributed by atoms with Crippen molar-refractivity contribution in [2.24, 2.45) is 0 Å². The molecule has 0 aliphatic carbocycles. The minimum atomic E-state index is -3.52. The van der Waals surface area contributed by atoms with Gasteiger partial charge in [-0.25, -0.2) is 18.1 Å². The SMILES string of the molecule is CCCCNS(=O)(=O)c1ccc(-n2ccc3cnc(Nc4ccc(C)c(CN5CCNCC5)c4)nc32)cc1. The molecule has 1 saturated heterocycles. The summed E-state index contributed by atoms with van der Waals surface area (Å²) in [5.74, 6) is 0.508. The summed E-state index contributed by atoms with van der Waals surface area (Å²) in [7, 11) is -3.52. The number of hydrogen-bond donors (Lipinski definition) is 3. The van der Waals surface area contributed by atoms with Crippen molar-refractivity contribution in [2.75, 3.05) is 38.0 Å². The molecule has 3 heterocycles. The van der Waals surface area contributed by atoms with Gasteiger partial charge in [0.2, 0.25) is 16.0 Å². The number of nitrogens with zero attached hydrogens (tertiary/aromatic N) is 4. The summed E-state index contributed by atoms with van der Waals surface area (Å²) >= 11 is 0. The van der Waals surface area contributed by atoms with E-state index >= 15 is 0 Å². The molecule has 10 heteroatoms. The summed E-state index contributed by atoms with van der Waals surface area (Å²) in [6.45, 7) is 9.69. The lowest BCUT2D eigenvalue weighted by Gasteiger charge is -2.28. The Kier molecular flexibility index (Phi) is 8.04. The zero-order valence-corrected chi connectivity index (χ0v) is 22.8. The van der Waals surface area contributed by atoms with E-state index in [1.807, 2.05) is 23.8 Å². The molecular formula is C28H35N7O2S. The van der Waals surface area contributed by atoms with Gasteiger partial charge in [0.15, 0.2) is 0 Å². The van der Waals surface area contributed by atoms with Crippen molar-refractivity contribution in [2.45, 2.75) is 38.1 Å². The van der Waals surface area contributed by atoms with Crippen molar-refractivity contribution in [1.82, 2.24) is 29.5 Å². The molecule has 1 aliphatic heterocycles. The van der Waals surface area contributed by atoms with Gasteiger partial charge in [-0.1, -0.05) is 19.4 Å². The van der Waals surface area contributed by atoms with E-state index < -0.39 is 10.0 Å². The first-order chi connectivity index (χ1) is 18.4. The molecule has 3 N–H and O–H groups in total. The molecular weight excluding hydrogens is 498 g/mol. The Hall–Kier alpha value is -3.31. The number of anilines is 2. The van der Waals surface area contributed by atoms with Crippen LogP contribution in [0.5, 0.6) is 0 Å². The van der Waals surface area contributed by atoms with E-state index in [0.29, 0.717) is 12.5 Å². The van der Waals surface area contributed by atoms with Crippen molar-refractivity contribution in [3.8, 4) is 5.69 Å². The molecule has 1 aliphatic rings. The van der Waals surface area contributed by atoms with Crippen LogP contribution >= 0.6 is 0 Å². The summed E-state index contributed by atoms with van der Waals surface area (Å²) < 4.78 is 29.7. The second kappa shape index (κ2) is 11.6. The molecule has 0 unspecified atom stereocenters. The number of piperazine rings is 1. The van der Waals surface area contributed by atoms with Crippen molar-refractivity contribution in [3.05, 3.63) is 72.1 Å². The van der Waals surface area contributed by atoms with Crippen LogP contribution in [0.4, 0.5) is 11.6 Å². The number of aromatic nitrogens is 3. The Bertz CT molecular complexity index is 1490.